The van der Waals surface area contributed by atoms with Crippen LogP contribution in [0.3, 0.4) is 0 Å². The highest BCUT2D eigenvalue weighted by Gasteiger charge is 2.26. The van der Waals surface area contributed by atoms with Crippen molar-refractivity contribution in [2.24, 2.45) is 0 Å². The van der Waals surface area contributed by atoms with Gasteiger partial charge in [0, 0.05) is 12.6 Å². The molecule has 1 aromatic heterocycles. The number of carbonyl (C=O) groups is 1. The van der Waals surface area contributed by atoms with Gasteiger partial charge in [0.25, 0.3) is 0 Å². The van der Waals surface area contributed by atoms with Gasteiger partial charge in [-0.1, -0.05) is 0 Å². The van der Waals surface area contributed by atoms with Crippen LogP contribution in [0.25, 0.3) is 11.3 Å². The lowest BCUT2D eigenvalue weighted by Gasteiger charge is -2.09. The Hall–Kier alpha value is -2.23. The van der Waals surface area contributed by atoms with Crippen molar-refractivity contribution in [2.45, 2.75) is 19.9 Å². The van der Waals surface area contributed by atoms with Gasteiger partial charge >= 0.3 is 5.97 Å². The largest absolute Gasteiger partial charge is 0.497 e. The highest BCUT2D eigenvalue weighted by Crippen LogP contribution is 2.35. The summed E-state index contributed by atoms with van der Waals surface area (Å²) < 4.78 is 12.5. The topological polar surface area (TPSA) is 40.5 Å². The first kappa shape index (κ1) is 11.8. The van der Waals surface area contributed by atoms with Crippen LogP contribution in [0.15, 0.2) is 30.3 Å². The van der Waals surface area contributed by atoms with Gasteiger partial charge in [0.15, 0.2) is 5.75 Å². The maximum absolute atomic E-state index is 11.3. The lowest BCUT2D eigenvalue weighted by molar-refractivity contribution is -0.131. The Morgan fingerprint density at radius 3 is 2.68 bits per heavy atom. The minimum Gasteiger partial charge on any atom is -0.497 e. The highest BCUT2D eigenvalue weighted by molar-refractivity contribution is 5.82. The SMILES string of the molecule is CCn1c(-c2ccc(OC)cc2)cc2c1CC(=O)O2. The number of benzene rings is 1. The maximum Gasteiger partial charge on any atom is 0.317 e. The number of methoxy groups -OCH3 is 1. The van der Waals surface area contributed by atoms with Crippen molar-refractivity contribution in [3.8, 4) is 22.8 Å². The molecule has 0 unspecified atom stereocenters. The molecule has 0 aliphatic carbocycles. The summed E-state index contributed by atoms with van der Waals surface area (Å²) in [5.74, 6) is 1.35. The molecule has 0 saturated carbocycles. The Morgan fingerprint density at radius 1 is 1.32 bits per heavy atom. The van der Waals surface area contributed by atoms with Gasteiger partial charge in [-0.3, -0.25) is 4.79 Å². The van der Waals surface area contributed by atoms with Crippen LogP contribution >= 0.6 is 0 Å². The third kappa shape index (κ3) is 1.89. The van der Waals surface area contributed by atoms with E-state index in [1.54, 1.807) is 7.11 Å². The normalized spacial score (nSPS) is 13.3. The van der Waals surface area contributed by atoms with E-state index in [2.05, 4.69) is 11.5 Å². The van der Waals surface area contributed by atoms with E-state index in [1.165, 1.54) is 0 Å². The molecule has 1 aromatic carbocycles. The summed E-state index contributed by atoms with van der Waals surface area (Å²) in [7, 11) is 1.65. The van der Waals surface area contributed by atoms with Crippen LogP contribution in [-0.4, -0.2) is 17.6 Å². The molecule has 4 heteroatoms. The van der Waals surface area contributed by atoms with Crippen LogP contribution in [0.2, 0.25) is 0 Å². The molecule has 0 atom stereocenters. The number of hydrogen-bond donors (Lipinski definition) is 0. The molecule has 0 radical (unpaired) electrons. The number of carbonyl (C=O) groups excluding carboxylic acids is 1. The molecule has 0 saturated heterocycles. The monoisotopic (exact) mass is 257 g/mol. The van der Waals surface area contributed by atoms with Crippen molar-refractivity contribution >= 4 is 5.97 Å². The predicted molar refractivity (Wildman–Crippen MR) is 71.4 cm³/mol. The summed E-state index contributed by atoms with van der Waals surface area (Å²) in [6.07, 6.45) is 0.360. The van der Waals surface area contributed by atoms with Crippen LogP contribution in [0.4, 0.5) is 0 Å². The van der Waals surface area contributed by atoms with Gasteiger partial charge in [0.2, 0.25) is 0 Å². The summed E-state index contributed by atoms with van der Waals surface area (Å²) in [5, 5.41) is 0. The van der Waals surface area contributed by atoms with Crippen LogP contribution in [0.1, 0.15) is 12.6 Å². The molecule has 1 aliphatic heterocycles. The molecule has 98 valence electrons. The van der Waals surface area contributed by atoms with E-state index in [0.29, 0.717) is 12.2 Å². The molecule has 0 N–H and O–H groups in total. The lowest BCUT2D eigenvalue weighted by atomic mass is 10.1. The minimum absolute atomic E-state index is 0.173. The van der Waals surface area contributed by atoms with Gasteiger partial charge in [0.05, 0.1) is 24.9 Å². The Labute approximate surface area is 111 Å². The number of ether oxygens (including phenoxy) is 2. The summed E-state index contributed by atoms with van der Waals surface area (Å²) in [6.45, 7) is 2.88. The van der Waals surface area contributed by atoms with Crippen molar-refractivity contribution in [3.05, 3.63) is 36.0 Å². The van der Waals surface area contributed by atoms with Crippen LogP contribution < -0.4 is 9.47 Å². The molecule has 2 aromatic rings. The van der Waals surface area contributed by atoms with Crippen LogP contribution in [0.5, 0.6) is 11.5 Å². The Morgan fingerprint density at radius 2 is 2.05 bits per heavy atom. The lowest BCUT2D eigenvalue weighted by Crippen LogP contribution is -2.06. The van der Waals surface area contributed by atoms with E-state index >= 15 is 0 Å². The molecule has 4 nitrogen and oxygen atoms in total. The molecule has 0 spiro atoms. The van der Waals surface area contributed by atoms with Crippen molar-refractivity contribution in [2.75, 3.05) is 7.11 Å². The molecule has 19 heavy (non-hydrogen) atoms. The predicted octanol–water partition coefficient (Wildman–Crippen LogP) is 2.65. The average Bonchev–Trinajstić information content (AvgIpc) is 2.94. The first-order valence-electron chi connectivity index (χ1n) is 6.30. The minimum atomic E-state index is -0.173. The summed E-state index contributed by atoms with van der Waals surface area (Å²) >= 11 is 0. The number of aromatic nitrogens is 1. The average molecular weight is 257 g/mol. The zero-order valence-corrected chi connectivity index (χ0v) is 11.0. The Bertz CT molecular complexity index is 626. The molecule has 0 fully saturated rings. The first-order chi connectivity index (χ1) is 9.22. The first-order valence-corrected chi connectivity index (χ1v) is 6.30. The third-order valence-electron chi connectivity index (χ3n) is 3.41. The number of hydrogen-bond acceptors (Lipinski definition) is 3. The summed E-state index contributed by atoms with van der Waals surface area (Å²) in [6, 6.07) is 9.82. The molecule has 3 rings (SSSR count). The number of rotatable bonds is 3. The van der Waals surface area contributed by atoms with Crippen molar-refractivity contribution < 1.29 is 14.3 Å². The van der Waals surface area contributed by atoms with Crippen molar-refractivity contribution in [1.82, 2.24) is 4.57 Å². The zero-order valence-electron chi connectivity index (χ0n) is 11.0. The van der Waals surface area contributed by atoms with Gasteiger partial charge in [-0.05, 0) is 36.8 Å². The Kier molecular flexibility index (Phi) is 2.78. The van der Waals surface area contributed by atoms with Gasteiger partial charge in [-0.2, -0.15) is 0 Å². The van der Waals surface area contributed by atoms with E-state index < -0.39 is 0 Å². The van der Waals surface area contributed by atoms with Crippen LogP contribution in [-0.2, 0) is 17.8 Å². The summed E-state index contributed by atoms with van der Waals surface area (Å²) in [5.41, 5.74) is 3.13. The van der Waals surface area contributed by atoms with Crippen LogP contribution in [0, 0.1) is 0 Å². The second-order valence-corrected chi connectivity index (χ2v) is 4.46. The van der Waals surface area contributed by atoms with Crippen molar-refractivity contribution in [3.63, 3.8) is 0 Å². The third-order valence-corrected chi connectivity index (χ3v) is 3.41. The number of esters is 1. The van der Waals surface area contributed by atoms with Gasteiger partial charge < -0.3 is 14.0 Å². The van der Waals surface area contributed by atoms with E-state index in [9.17, 15) is 4.79 Å². The second kappa shape index (κ2) is 4.46. The fraction of sp³-hybridized carbons (Fsp3) is 0.267. The van der Waals surface area contributed by atoms with E-state index in [-0.39, 0.29) is 5.97 Å². The second-order valence-electron chi connectivity index (χ2n) is 4.46. The summed E-state index contributed by atoms with van der Waals surface area (Å²) in [4.78, 5) is 11.3. The molecular formula is C15H15NO3. The van der Waals surface area contributed by atoms with Crippen molar-refractivity contribution in [1.29, 1.82) is 0 Å². The molecular weight excluding hydrogens is 242 g/mol. The molecule has 1 aliphatic rings. The molecule has 0 bridgehead atoms. The number of fused-ring (bicyclic) bond motifs is 1. The maximum atomic E-state index is 11.3. The van der Waals surface area contributed by atoms with Gasteiger partial charge in [-0.15, -0.1) is 0 Å². The number of nitrogens with zero attached hydrogens (tertiary/aromatic N) is 1. The fourth-order valence-corrected chi connectivity index (χ4v) is 2.49. The Balaban J connectivity index is 2.05. The van der Waals surface area contributed by atoms with E-state index in [1.807, 2.05) is 30.3 Å². The zero-order chi connectivity index (χ0) is 13.4. The highest BCUT2D eigenvalue weighted by atomic mass is 16.5. The molecule has 0 amide bonds. The van der Waals surface area contributed by atoms with Gasteiger partial charge in [-0.25, -0.2) is 0 Å². The van der Waals surface area contributed by atoms with E-state index in [4.69, 9.17) is 9.47 Å². The van der Waals surface area contributed by atoms with Gasteiger partial charge in [0.1, 0.15) is 5.75 Å². The fourth-order valence-electron chi connectivity index (χ4n) is 2.49. The molecule has 2 heterocycles. The smallest absolute Gasteiger partial charge is 0.317 e. The van der Waals surface area contributed by atoms with E-state index in [0.717, 1.165) is 29.2 Å². The standard InChI is InChI=1S/C15H15NO3/c1-3-16-12(8-14-13(16)9-15(17)19-14)10-4-6-11(18-2)7-5-10/h4-8H,3,9H2,1-2H3. The quantitative estimate of drug-likeness (QED) is 0.794.